The Morgan fingerprint density at radius 3 is 2.29 bits per heavy atom. The highest BCUT2D eigenvalue weighted by molar-refractivity contribution is 9.10. The number of H-pyrrole nitrogens is 1. The molecule has 15 heteroatoms. The van der Waals surface area contributed by atoms with Crippen molar-refractivity contribution in [2.45, 2.75) is 129 Å². The molecule has 3 rings (SSSR count). The molecule has 0 bridgehead atoms. The van der Waals surface area contributed by atoms with Crippen LogP contribution >= 0.6 is 15.9 Å². The van der Waals surface area contributed by atoms with Crippen LogP contribution in [0.25, 0.3) is 10.9 Å². The van der Waals surface area contributed by atoms with Crippen molar-refractivity contribution in [2.24, 2.45) is 0 Å². The molecule has 3 amide bonds. The van der Waals surface area contributed by atoms with Gasteiger partial charge in [-0.1, -0.05) is 56.7 Å². The lowest BCUT2D eigenvalue weighted by Crippen LogP contribution is -2.55. The van der Waals surface area contributed by atoms with Gasteiger partial charge in [-0.3, -0.25) is 19.2 Å². The molecule has 0 aliphatic heterocycles. The van der Waals surface area contributed by atoms with Crippen LogP contribution < -0.4 is 15.1 Å². The monoisotopic (exact) mass is 884 g/mol. The SMILES string of the molecule is CC(=CCCOC(=O)C[C@@H](NC(=O)[C@@H](Cc1c[nH]c2ccccc12)N(C)C(=O)[C@H](C)NC(=O)OC(C)(C)C)c1ccc(O[Si](C)(C)C(C)(C)C)c(Br)c1)CCC(=O)O. The van der Waals surface area contributed by atoms with E-state index in [2.05, 4.69) is 65.4 Å². The van der Waals surface area contributed by atoms with Crippen LogP contribution in [0.4, 0.5) is 4.79 Å². The Bertz CT molecular complexity index is 1960. The molecule has 0 saturated carbocycles. The fraction of sp³-hybridized carbons (Fsp3) is 0.512. The van der Waals surface area contributed by atoms with Crippen LogP contribution in [0, 0.1) is 0 Å². The number of hydrogen-bond acceptors (Lipinski definition) is 8. The van der Waals surface area contributed by atoms with Crippen molar-refractivity contribution < 1.29 is 43.0 Å². The van der Waals surface area contributed by atoms with Crippen LogP contribution in [-0.4, -0.2) is 84.5 Å². The molecule has 0 fully saturated rings. The number of aromatic amines is 1. The fourth-order valence-corrected chi connectivity index (χ4v) is 7.45. The van der Waals surface area contributed by atoms with Gasteiger partial charge >= 0.3 is 18.0 Å². The molecule has 0 aliphatic carbocycles. The fourth-order valence-electron chi connectivity index (χ4n) is 5.79. The van der Waals surface area contributed by atoms with Gasteiger partial charge in [0.1, 0.15) is 23.4 Å². The molecular formula is C43H61BrN4O9Si. The van der Waals surface area contributed by atoms with Gasteiger partial charge in [0.05, 0.1) is 23.5 Å². The Kier molecular flexibility index (Phi) is 16.8. The first-order valence-corrected chi connectivity index (χ1v) is 23.2. The van der Waals surface area contributed by atoms with Crippen molar-refractivity contribution in [3.63, 3.8) is 0 Å². The molecule has 1 aromatic heterocycles. The number of carbonyl (C=O) groups is 5. The average molecular weight is 886 g/mol. The van der Waals surface area contributed by atoms with E-state index in [0.717, 1.165) is 22.0 Å². The van der Waals surface area contributed by atoms with Gasteiger partial charge < -0.3 is 39.5 Å². The van der Waals surface area contributed by atoms with Crippen LogP contribution in [0.5, 0.6) is 5.75 Å². The number of ether oxygens (including phenoxy) is 2. The summed E-state index contributed by atoms with van der Waals surface area (Å²) in [6.07, 6.45) is 3.57. The topological polar surface area (TPSA) is 176 Å². The molecule has 0 unspecified atom stereocenters. The van der Waals surface area contributed by atoms with Gasteiger partial charge in [-0.05, 0) is 111 Å². The number of para-hydroxylation sites is 1. The number of carboxylic acid groups (broad SMARTS) is 1. The van der Waals surface area contributed by atoms with E-state index in [0.29, 0.717) is 28.6 Å². The number of nitrogens with zero attached hydrogens (tertiary/aromatic N) is 1. The molecule has 1 heterocycles. The number of aromatic nitrogens is 1. The molecule has 3 atom stereocenters. The number of likely N-dealkylation sites (N-methyl/N-ethyl adjacent to an activating group) is 1. The minimum atomic E-state index is -2.21. The number of amides is 3. The Hall–Kier alpha value is -4.63. The number of hydrogen-bond donors (Lipinski definition) is 4. The zero-order valence-corrected chi connectivity index (χ0v) is 38.3. The van der Waals surface area contributed by atoms with Crippen molar-refractivity contribution in [2.75, 3.05) is 13.7 Å². The number of benzene rings is 2. The summed E-state index contributed by atoms with van der Waals surface area (Å²) in [6.45, 7) is 19.3. The van der Waals surface area contributed by atoms with Crippen molar-refractivity contribution in [3.8, 4) is 5.75 Å². The number of carboxylic acids is 1. The number of carbonyl (C=O) groups excluding carboxylic acids is 4. The van der Waals surface area contributed by atoms with Gasteiger partial charge in [0.15, 0.2) is 0 Å². The Morgan fingerprint density at radius 1 is 1.00 bits per heavy atom. The second-order valence-electron chi connectivity index (χ2n) is 17.2. The molecule has 2 aromatic carbocycles. The summed E-state index contributed by atoms with van der Waals surface area (Å²) in [7, 11) is -0.707. The van der Waals surface area contributed by atoms with Crippen LogP contribution in [0.3, 0.4) is 0 Å². The van der Waals surface area contributed by atoms with E-state index in [-0.39, 0.29) is 30.9 Å². The van der Waals surface area contributed by atoms with Gasteiger partial charge in [-0.15, -0.1) is 0 Å². The van der Waals surface area contributed by atoms with Crippen molar-refractivity contribution in [3.05, 3.63) is 75.9 Å². The van der Waals surface area contributed by atoms with E-state index in [1.807, 2.05) is 49.4 Å². The number of alkyl carbamates (subject to hydrolysis) is 1. The smallest absolute Gasteiger partial charge is 0.408 e. The third-order valence-corrected chi connectivity index (χ3v) is 15.1. The summed E-state index contributed by atoms with van der Waals surface area (Å²) >= 11 is 3.67. The molecule has 58 heavy (non-hydrogen) atoms. The summed E-state index contributed by atoms with van der Waals surface area (Å²) in [4.78, 5) is 69.9. The second-order valence-corrected chi connectivity index (χ2v) is 22.7. The first kappa shape index (κ1) is 47.7. The number of halogens is 1. The lowest BCUT2D eigenvalue weighted by molar-refractivity contribution is -0.145. The van der Waals surface area contributed by atoms with Gasteiger partial charge in [-0.2, -0.15) is 0 Å². The first-order chi connectivity index (χ1) is 26.9. The summed E-state index contributed by atoms with van der Waals surface area (Å²) < 4.78 is 18.2. The third-order valence-electron chi connectivity index (χ3n) is 10.1. The second kappa shape index (κ2) is 20.4. The standard InChI is InChI=1S/C43H61BrN4O9Si/c1-27(18-21-37(49)50)15-14-22-55-38(51)25-34(29-19-20-36(32(44)23-29)57-58(10,11)43(6,7)8)47-39(52)35(24-30-26-45-33-17-13-12-16-31(30)33)48(9)40(53)28(2)46-41(54)56-42(3,4)5/h12-13,15-17,19-20,23,26,28,34-35,45H,14,18,21-22,24-25H2,1-11H3,(H,46,54)(H,47,52)(H,49,50)/t28-,34+,35+/m0/s1. The van der Waals surface area contributed by atoms with Gasteiger partial charge in [0, 0.05) is 37.0 Å². The number of fused-ring (bicyclic) bond motifs is 1. The molecule has 318 valence electrons. The first-order valence-electron chi connectivity index (χ1n) is 19.5. The molecule has 0 spiro atoms. The predicted molar refractivity (Wildman–Crippen MR) is 231 cm³/mol. The molecule has 0 saturated heterocycles. The van der Waals surface area contributed by atoms with Crippen molar-refractivity contribution in [1.82, 2.24) is 20.5 Å². The molecule has 0 radical (unpaired) electrons. The van der Waals surface area contributed by atoms with E-state index < -0.39 is 61.9 Å². The summed E-state index contributed by atoms with van der Waals surface area (Å²) in [5.41, 5.74) is 2.35. The van der Waals surface area contributed by atoms with E-state index in [1.165, 1.54) is 18.9 Å². The minimum Gasteiger partial charge on any atom is -0.543 e. The van der Waals surface area contributed by atoms with E-state index in [4.69, 9.17) is 19.0 Å². The van der Waals surface area contributed by atoms with Crippen LogP contribution in [0.1, 0.15) is 98.2 Å². The maximum atomic E-state index is 14.6. The lowest BCUT2D eigenvalue weighted by Gasteiger charge is -2.36. The van der Waals surface area contributed by atoms with Crippen molar-refractivity contribution >= 4 is 65.0 Å². The average Bonchev–Trinajstić information content (AvgIpc) is 3.52. The number of nitrogens with one attached hydrogen (secondary N) is 3. The summed E-state index contributed by atoms with van der Waals surface area (Å²) in [5, 5.41) is 15.4. The highest BCUT2D eigenvalue weighted by atomic mass is 79.9. The Labute approximate surface area is 351 Å². The van der Waals surface area contributed by atoms with Crippen LogP contribution in [0.15, 0.2) is 64.8 Å². The maximum Gasteiger partial charge on any atom is 0.408 e. The quantitative estimate of drug-likeness (QED) is 0.0422. The third kappa shape index (κ3) is 14.3. The Morgan fingerprint density at radius 2 is 1.67 bits per heavy atom. The number of rotatable bonds is 18. The molecule has 0 aliphatic rings. The maximum absolute atomic E-state index is 14.6. The number of esters is 1. The van der Waals surface area contributed by atoms with E-state index >= 15 is 0 Å². The lowest BCUT2D eigenvalue weighted by atomic mass is 9.99. The largest absolute Gasteiger partial charge is 0.543 e. The highest BCUT2D eigenvalue weighted by Gasteiger charge is 2.39. The summed E-state index contributed by atoms with van der Waals surface area (Å²) in [5.74, 6) is -1.86. The van der Waals surface area contributed by atoms with Gasteiger partial charge in [0.2, 0.25) is 11.8 Å². The van der Waals surface area contributed by atoms with Crippen LogP contribution in [0.2, 0.25) is 18.1 Å². The Balaban J connectivity index is 1.97. The van der Waals surface area contributed by atoms with Gasteiger partial charge in [0.25, 0.3) is 8.32 Å². The normalized spacial score (nSPS) is 13.9. The van der Waals surface area contributed by atoms with E-state index in [9.17, 15) is 24.0 Å². The zero-order chi connectivity index (χ0) is 43.6. The molecule has 4 N–H and O–H groups in total. The number of aliphatic carboxylic acids is 1. The highest BCUT2D eigenvalue weighted by Crippen LogP contribution is 2.40. The minimum absolute atomic E-state index is 0.0139. The molecule has 3 aromatic rings. The zero-order valence-electron chi connectivity index (χ0n) is 35.7. The summed E-state index contributed by atoms with van der Waals surface area (Å²) in [6, 6.07) is 10.1. The van der Waals surface area contributed by atoms with Gasteiger partial charge in [-0.25, -0.2) is 4.79 Å². The molecule has 13 nitrogen and oxygen atoms in total. The number of allylic oxidation sites excluding steroid dienone is 1. The predicted octanol–water partition coefficient (Wildman–Crippen LogP) is 8.59. The van der Waals surface area contributed by atoms with Crippen LogP contribution in [-0.2, 0) is 35.1 Å². The van der Waals surface area contributed by atoms with E-state index in [1.54, 1.807) is 33.0 Å². The molecular weight excluding hydrogens is 824 g/mol. The van der Waals surface area contributed by atoms with Crippen molar-refractivity contribution in [1.29, 1.82) is 0 Å².